The maximum absolute atomic E-state index is 11.9. The number of hydrogen-bond donors (Lipinski definition) is 4. The summed E-state index contributed by atoms with van der Waals surface area (Å²) in [6.07, 6.45) is 3.05. The molecule has 1 heterocycles. The summed E-state index contributed by atoms with van der Waals surface area (Å²) in [7, 11) is 0. The molecule has 2 amide bonds. The van der Waals surface area contributed by atoms with Crippen molar-refractivity contribution in [1.29, 1.82) is 0 Å². The van der Waals surface area contributed by atoms with E-state index < -0.39 is 12.1 Å². The maximum atomic E-state index is 11.9. The molecule has 1 aromatic heterocycles. The average molecular weight is 338 g/mol. The fraction of sp³-hybridized carbons (Fsp3) is 0.600. The van der Waals surface area contributed by atoms with Crippen molar-refractivity contribution in [1.82, 2.24) is 21.1 Å². The van der Waals surface area contributed by atoms with Crippen LogP contribution in [0.25, 0.3) is 0 Å². The summed E-state index contributed by atoms with van der Waals surface area (Å²) in [5, 5.41) is 20.1. The molecule has 1 unspecified atom stereocenters. The van der Waals surface area contributed by atoms with Gasteiger partial charge in [-0.3, -0.25) is 4.79 Å². The molecular formula is C15H22N4O5. The van der Waals surface area contributed by atoms with Crippen LogP contribution in [0.1, 0.15) is 47.8 Å². The molecule has 4 N–H and O–H groups in total. The van der Waals surface area contributed by atoms with Gasteiger partial charge in [0.1, 0.15) is 18.1 Å². The van der Waals surface area contributed by atoms with Crippen LogP contribution in [0.4, 0.5) is 4.79 Å². The van der Waals surface area contributed by atoms with Crippen LogP contribution in [0.5, 0.6) is 0 Å². The van der Waals surface area contributed by atoms with Crippen LogP contribution < -0.4 is 16.0 Å². The Kier molecular flexibility index (Phi) is 6.74. The van der Waals surface area contributed by atoms with Crippen molar-refractivity contribution < 1.29 is 24.0 Å². The summed E-state index contributed by atoms with van der Waals surface area (Å²) < 4.78 is 5.13. The average Bonchev–Trinajstić information content (AvgIpc) is 3.29. The minimum atomic E-state index is -1.23. The second-order valence-electron chi connectivity index (χ2n) is 5.75. The van der Waals surface area contributed by atoms with Crippen molar-refractivity contribution >= 4 is 18.3 Å². The summed E-state index contributed by atoms with van der Waals surface area (Å²) in [5.74, 6) is 0.963. The van der Waals surface area contributed by atoms with Gasteiger partial charge in [0, 0.05) is 25.1 Å². The smallest absolute Gasteiger partial charge is 0.405 e. The highest BCUT2D eigenvalue weighted by Crippen LogP contribution is 2.40. The molecule has 132 valence electrons. The molecule has 9 heteroatoms. The van der Waals surface area contributed by atoms with Gasteiger partial charge in [-0.25, -0.2) is 4.79 Å². The maximum Gasteiger partial charge on any atom is 0.405 e. The summed E-state index contributed by atoms with van der Waals surface area (Å²) in [6, 6.07) is 0.943. The Bertz CT molecular complexity index is 570. The largest absolute Gasteiger partial charge is 0.465 e. The van der Waals surface area contributed by atoms with E-state index in [9.17, 15) is 14.4 Å². The summed E-state index contributed by atoms with van der Waals surface area (Å²) >= 11 is 0. The van der Waals surface area contributed by atoms with Crippen molar-refractivity contribution in [2.45, 2.75) is 37.6 Å². The van der Waals surface area contributed by atoms with Crippen molar-refractivity contribution in [2.75, 3.05) is 19.6 Å². The van der Waals surface area contributed by atoms with E-state index in [0.29, 0.717) is 31.0 Å². The second-order valence-corrected chi connectivity index (χ2v) is 5.75. The number of unbranched alkanes of at least 4 members (excludes halogenated alkanes) is 1. The highest BCUT2D eigenvalue weighted by atomic mass is 16.5. The van der Waals surface area contributed by atoms with Gasteiger partial charge in [-0.05, 0) is 32.2 Å². The van der Waals surface area contributed by atoms with E-state index in [1.807, 2.05) is 0 Å². The van der Waals surface area contributed by atoms with Gasteiger partial charge < -0.3 is 30.4 Å². The minimum Gasteiger partial charge on any atom is -0.465 e. The summed E-state index contributed by atoms with van der Waals surface area (Å²) in [6.45, 7) is 1.37. The van der Waals surface area contributed by atoms with Crippen molar-refractivity contribution in [3.63, 3.8) is 0 Å². The van der Waals surface area contributed by atoms with Crippen LogP contribution in [-0.4, -0.2) is 54.2 Å². The molecule has 1 atom stereocenters. The lowest BCUT2D eigenvalue weighted by atomic mass is 10.2. The number of amides is 2. The van der Waals surface area contributed by atoms with Gasteiger partial charge in [-0.15, -0.1) is 0 Å². The third-order valence-corrected chi connectivity index (χ3v) is 3.64. The van der Waals surface area contributed by atoms with Gasteiger partial charge in [0.2, 0.25) is 0 Å². The standard InChI is InChI=1S/C15H22N4O5/c20-9-11(18-15(22)23)8-16-5-1-2-6-17-14(21)12-7-13(24-19-12)10-3-4-10/h7,9-11,16,18H,1-6,8H2,(H,17,21)(H,22,23). The molecule has 0 bridgehead atoms. The number of nitrogens with one attached hydrogen (secondary N) is 3. The van der Waals surface area contributed by atoms with E-state index in [2.05, 4.69) is 21.1 Å². The van der Waals surface area contributed by atoms with Gasteiger partial charge in [0.25, 0.3) is 5.91 Å². The van der Waals surface area contributed by atoms with Crippen LogP contribution in [-0.2, 0) is 4.79 Å². The molecule has 0 radical (unpaired) electrons. The van der Waals surface area contributed by atoms with Gasteiger partial charge in [0.15, 0.2) is 5.69 Å². The summed E-state index contributed by atoms with van der Waals surface area (Å²) in [5.41, 5.74) is 0.309. The van der Waals surface area contributed by atoms with Gasteiger partial charge in [0.05, 0.1) is 0 Å². The predicted octanol–water partition coefficient (Wildman–Crippen LogP) is 0.487. The molecule has 0 aliphatic heterocycles. The molecule has 0 aromatic carbocycles. The molecule has 1 aliphatic rings. The van der Waals surface area contributed by atoms with Crippen LogP contribution in [0, 0.1) is 0 Å². The van der Waals surface area contributed by atoms with E-state index in [4.69, 9.17) is 9.63 Å². The Morgan fingerprint density at radius 3 is 2.79 bits per heavy atom. The zero-order valence-corrected chi connectivity index (χ0v) is 13.3. The molecule has 1 aromatic rings. The fourth-order valence-corrected chi connectivity index (χ4v) is 2.17. The zero-order chi connectivity index (χ0) is 17.4. The van der Waals surface area contributed by atoms with Crippen molar-refractivity contribution in [2.24, 2.45) is 0 Å². The Hall–Kier alpha value is -2.42. The molecule has 2 rings (SSSR count). The second kappa shape index (κ2) is 9.02. The lowest BCUT2D eigenvalue weighted by molar-refractivity contribution is -0.109. The number of nitrogens with zero attached hydrogens (tertiary/aromatic N) is 1. The number of carbonyl (C=O) groups excluding carboxylic acids is 2. The number of carbonyl (C=O) groups is 3. The molecule has 1 fully saturated rings. The third-order valence-electron chi connectivity index (χ3n) is 3.64. The van der Waals surface area contributed by atoms with Gasteiger partial charge >= 0.3 is 6.09 Å². The molecule has 0 spiro atoms. The fourth-order valence-electron chi connectivity index (χ4n) is 2.17. The molecule has 24 heavy (non-hydrogen) atoms. The van der Waals surface area contributed by atoms with Crippen molar-refractivity contribution in [3.05, 3.63) is 17.5 Å². The Morgan fingerprint density at radius 2 is 2.12 bits per heavy atom. The number of aldehydes is 1. The first-order valence-electron chi connectivity index (χ1n) is 8.00. The van der Waals surface area contributed by atoms with Crippen LogP contribution >= 0.6 is 0 Å². The highest BCUT2D eigenvalue weighted by Gasteiger charge is 2.28. The van der Waals surface area contributed by atoms with E-state index in [1.54, 1.807) is 6.07 Å². The SMILES string of the molecule is O=CC(CNCCCCNC(=O)c1cc(C2CC2)on1)NC(=O)O. The predicted molar refractivity (Wildman–Crippen MR) is 83.9 cm³/mol. The van der Waals surface area contributed by atoms with Crippen LogP contribution in [0.15, 0.2) is 10.6 Å². The zero-order valence-electron chi connectivity index (χ0n) is 13.3. The topological polar surface area (TPSA) is 134 Å². The normalized spacial score (nSPS) is 14.8. The lowest BCUT2D eigenvalue weighted by Crippen LogP contribution is -2.42. The Labute approximate surface area is 139 Å². The molecule has 1 saturated carbocycles. The molecule has 0 saturated heterocycles. The quantitative estimate of drug-likeness (QED) is 0.341. The van der Waals surface area contributed by atoms with E-state index >= 15 is 0 Å². The molecule has 9 nitrogen and oxygen atoms in total. The first-order chi connectivity index (χ1) is 11.6. The number of hydrogen-bond acceptors (Lipinski definition) is 6. The Balaban J connectivity index is 1.52. The van der Waals surface area contributed by atoms with Gasteiger partial charge in [-0.2, -0.15) is 0 Å². The van der Waals surface area contributed by atoms with Gasteiger partial charge in [-0.1, -0.05) is 5.16 Å². The lowest BCUT2D eigenvalue weighted by Gasteiger charge is -2.11. The number of carboxylic acid groups (broad SMARTS) is 1. The first-order valence-corrected chi connectivity index (χ1v) is 8.00. The number of rotatable bonds is 11. The van der Waals surface area contributed by atoms with E-state index in [1.165, 1.54) is 0 Å². The highest BCUT2D eigenvalue weighted by molar-refractivity contribution is 5.92. The van der Waals surface area contributed by atoms with Crippen molar-refractivity contribution in [3.8, 4) is 0 Å². The first kappa shape index (κ1) is 17.9. The minimum absolute atomic E-state index is 0.241. The number of aromatic nitrogens is 1. The van der Waals surface area contributed by atoms with Crippen LogP contribution in [0.3, 0.4) is 0 Å². The monoisotopic (exact) mass is 338 g/mol. The van der Waals surface area contributed by atoms with Crippen LogP contribution in [0.2, 0.25) is 0 Å². The van der Waals surface area contributed by atoms with E-state index in [-0.39, 0.29) is 12.5 Å². The molecule has 1 aliphatic carbocycles. The summed E-state index contributed by atoms with van der Waals surface area (Å²) in [4.78, 5) is 32.9. The third kappa shape index (κ3) is 5.99. The molecular weight excluding hydrogens is 316 g/mol. The Morgan fingerprint density at radius 1 is 1.38 bits per heavy atom. The van der Waals surface area contributed by atoms with E-state index in [0.717, 1.165) is 31.4 Å².